The van der Waals surface area contributed by atoms with Crippen molar-refractivity contribution in [3.63, 3.8) is 0 Å². The van der Waals surface area contributed by atoms with Crippen molar-refractivity contribution in [2.24, 2.45) is 0 Å². The number of ether oxygens (including phenoxy) is 1. The highest BCUT2D eigenvalue weighted by Gasteiger charge is 2.02. The largest absolute Gasteiger partial charge is 0.491 e. The van der Waals surface area contributed by atoms with Crippen molar-refractivity contribution in [2.45, 2.75) is 20.0 Å². The van der Waals surface area contributed by atoms with Gasteiger partial charge in [0.1, 0.15) is 5.75 Å². The summed E-state index contributed by atoms with van der Waals surface area (Å²) in [6.45, 7) is 3.99. The highest BCUT2D eigenvalue weighted by atomic mass is 16.5. The van der Waals surface area contributed by atoms with Gasteiger partial charge in [-0.25, -0.2) is 0 Å². The molecule has 0 amide bonds. The molecule has 0 aliphatic heterocycles. The Labute approximate surface area is 108 Å². The molecule has 0 unspecified atom stereocenters. The zero-order valence-corrected chi connectivity index (χ0v) is 10.7. The van der Waals surface area contributed by atoms with Crippen LogP contribution in [0.4, 0.5) is 17.1 Å². The van der Waals surface area contributed by atoms with Crippen LogP contribution in [0.5, 0.6) is 5.75 Å². The zero-order valence-electron chi connectivity index (χ0n) is 10.7. The summed E-state index contributed by atoms with van der Waals surface area (Å²) in [5, 5.41) is 3.30. The first-order valence-electron chi connectivity index (χ1n) is 6.03. The van der Waals surface area contributed by atoms with Crippen molar-refractivity contribution in [2.75, 3.05) is 11.1 Å². The molecule has 0 aliphatic carbocycles. The molecular formula is C15H18N2O. The van der Waals surface area contributed by atoms with Crippen molar-refractivity contribution >= 4 is 17.1 Å². The average molecular weight is 242 g/mol. The number of hydrogen-bond donors (Lipinski definition) is 2. The third-order valence-electron chi connectivity index (χ3n) is 2.36. The fourth-order valence-corrected chi connectivity index (χ4v) is 1.72. The predicted molar refractivity (Wildman–Crippen MR) is 76.3 cm³/mol. The smallest absolute Gasteiger partial charge is 0.123 e. The summed E-state index contributed by atoms with van der Waals surface area (Å²) in [4.78, 5) is 0. The second kappa shape index (κ2) is 5.45. The van der Waals surface area contributed by atoms with Gasteiger partial charge in [-0.1, -0.05) is 18.2 Å². The molecule has 3 N–H and O–H groups in total. The number of nitrogens with one attached hydrogen (secondary N) is 1. The van der Waals surface area contributed by atoms with E-state index in [9.17, 15) is 0 Å². The molecule has 2 aromatic rings. The summed E-state index contributed by atoms with van der Waals surface area (Å²) in [7, 11) is 0. The Bertz CT molecular complexity index is 509. The van der Waals surface area contributed by atoms with Crippen LogP contribution in [-0.2, 0) is 0 Å². The molecular weight excluding hydrogens is 224 g/mol. The van der Waals surface area contributed by atoms with Crippen molar-refractivity contribution in [3.8, 4) is 5.75 Å². The van der Waals surface area contributed by atoms with E-state index in [0.29, 0.717) is 5.69 Å². The second-order valence-corrected chi connectivity index (χ2v) is 4.45. The van der Waals surface area contributed by atoms with Crippen LogP contribution in [0.3, 0.4) is 0 Å². The zero-order chi connectivity index (χ0) is 13.0. The summed E-state index contributed by atoms with van der Waals surface area (Å²) >= 11 is 0. The molecule has 0 atom stereocenters. The molecule has 0 aromatic heterocycles. The summed E-state index contributed by atoms with van der Waals surface area (Å²) in [5.74, 6) is 0.781. The first-order valence-corrected chi connectivity index (χ1v) is 6.03. The van der Waals surface area contributed by atoms with Crippen molar-refractivity contribution in [3.05, 3.63) is 48.5 Å². The second-order valence-electron chi connectivity index (χ2n) is 4.45. The van der Waals surface area contributed by atoms with Gasteiger partial charge in [0.2, 0.25) is 0 Å². The monoisotopic (exact) mass is 242 g/mol. The third kappa shape index (κ3) is 3.42. The molecule has 0 aliphatic rings. The van der Waals surface area contributed by atoms with Crippen LogP contribution in [0, 0.1) is 0 Å². The van der Waals surface area contributed by atoms with E-state index < -0.39 is 0 Å². The lowest BCUT2D eigenvalue weighted by atomic mass is 10.2. The number of para-hydroxylation sites is 1. The molecule has 0 bridgehead atoms. The summed E-state index contributed by atoms with van der Waals surface area (Å²) in [6, 6.07) is 15.6. The minimum atomic E-state index is 0.136. The number of nitrogens with two attached hydrogens (primary N) is 1. The Kier molecular flexibility index (Phi) is 3.72. The minimum Gasteiger partial charge on any atom is -0.491 e. The summed E-state index contributed by atoms with van der Waals surface area (Å²) < 4.78 is 5.65. The Morgan fingerprint density at radius 1 is 1.00 bits per heavy atom. The van der Waals surface area contributed by atoms with Crippen LogP contribution >= 0.6 is 0 Å². The fraction of sp³-hybridized carbons (Fsp3) is 0.200. The van der Waals surface area contributed by atoms with E-state index >= 15 is 0 Å². The standard InChI is InChI=1S/C15H18N2O/c1-11(2)18-15-9-12(16)8-14(10-15)17-13-6-4-3-5-7-13/h3-11,17H,16H2,1-2H3. The van der Waals surface area contributed by atoms with Crippen LogP contribution in [0.1, 0.15) is 13.8 Å². The lowest BCUT2D eigenvalue weighted by Crippen LogP contribution is -2.06. The Balaban J connectivity index is 2.20. The van der Waals surface area contributed by atoms with Gasteiger partial charge in [0.05, 0.1) is 6.10 Å². The van der Waals surface area contributed by atoms with E-state index in [1.165, 1.54) is 0 Å². The maximum Gasteiger partial charge on any atom is 0.123 e. The number of rotatable bonds is 4. The van der Waals surface area contributed by atoms with E-state index in [-0.39, 0.29) is 6.10 Å². The third-order valence-corrected chi connectivity index (χ3v) is 2.36. The van der Waals surface area contributed by atoms with Gasteiger partial charge in [0.15, 0.2) is 0 Å². The quantitative estimate of drug-likeness (QED) is 0.802. The maximum absolute atomic E-state index is 5.87. The van der Waals surface area contributed by atoms with Crippen molar-refractivity contribution in [1.29, 1.82) is 0 Å². The predicted octanol–water partition coefficient (Wildman–Crippen LogP) is 3.80. The Morgan fingerprint density at radius 3 is 2.39 bits per heavy atom. The van der Waals surface area contributed by atoms with Gasteiger partial charge in [-0.15, -0.1) is 0 Å². The maximum atomic E-state index is 5.87. The minimum absolute atomic E-state index is 0.136. The summed E-state index contributed by atoms with van der Waals surface area (Å²) in [5.41, 5.74) is 8.51. The molecule has 2 aromatic carbocycles. The van der Waals surface area contributed by atoms with Gasteiger partial charge in [0, 0.05) is 29.2 Å². The molecule has 0 heterocycles. The van der Waals surface area contributed by atoms with Crippen LogP contribution < -0.4 is 15.8 Å². The Morgan fingerprint density at radius 2 is 1.72 bits per heavy atom. The van der Waals surface area contributed by atoms with Crippen LogP contribution in [0.15, 0.2) is 48.5 Å². The number of anilines is 3. The molecule has 0 saturated carbocycles. The van der Waals surface area contributed by atoms with Gasteiger partial charge >= 0.3 is 0 Å². The first-order chi connectivity index (χ1) is 8.63. The van der Waals surface area contributed by atoms with E-state index in [0.717, 1.165) is 17.1 Å². The molecule has 0 radical (unpaired) electrons. The topological polar surface area (TPSA) is 47.3 Å². The van der Waals surface area contributed by atoms with Gasteiger partial charge < -0.3 is 15.8 Å². The lowest BCUT2D eigenvalue weighted by molar-refractivity contribution is 0.242. The molecule has 0 spiro atoms. The highest BCUT2D eigenvalue weighted by molar-refractivity contribution is 5.66. The number of hydrogen-bond acceptors (Lipinski definition) is 3. The van der Waals surface area contributed by atoms with Crippen molar-refractivity contribution in [1.82, 2.24) is 0 Å². The van der Waals surface area contributed by atoms with E-state index in [2.05, 4.69) is 5.32 Å². The van der Waals surface area contributed by atoms with Crippen LogP contribution in [0.25, 0.3) is 0 Å². The lowest BCUT2D eigenvalue weighted by Gasteiger charge is -2.13. The van der Waals surface area contributed by atoms with Crippen LogP contribution in [-0.4, -0.2) is 6.10 Å². The van der Waals surface area contributed by atoms with Crippen LogP contribution in [0.2, 0.25) is 0 Å². The molecule has 94 valence electrons. The van der Waals surface area contributed by atoms with Gasteiger partial charge in [0.25, 0.3) is 0 Å². The average Bonchev–Trinajstić information content (AvgIpc) is 2.28. The summed E-state index contributed by atoms with van der Waals surface area (Å²) in [6.07, 6.45) is 0.136. The van der Waals surface area contributed by atoms with E-state index in [1.54, 1.807) is 0 Å². The normalized spacial score (nSPS) is 10.4. The number of nitrogen functional groups attached to an aromatic ring is 1. The van der Waals surface area contributed by atoms with Gasteiger partial charge in [-0.3, -0.25) is 0 Å². The van der Waals surface area contributed by atoms with E-state index in [1.807, 2.05) is 62.4 Å². The first kappa shape index (κ1) is 12.3. The molecule has 3 nitrogen and oxygen atoms in total. The number of benzene rings is 2. The van der Waals surface area contributed by atoms with Gasteiger partial charge in [-0.2, -0.15) is 0 Å². The fourth-order valence-electron chi connectivity index (χ4n) is 1.72. The molecule has 3 heteroatoms. The molecule has 18 heavy (non-hydrogen) atoms. The SMILES string of the molecule is CC(C)Oc1cc(N)cc(Nc2ccccc2)c1. The van der Waals surface area contributed by atoms with E-state index in [4.69, 9.17) is 10.5 Å². The Hall–Kier alpha value is -2.16. The van der Waals surface area contributed by atoms with Gasteiger partial charge in [-0.05, 0) is 32.0 Å². The molecule has 0 saturated heterocycles. The van der Waals surface area contributed by atoms with Crippen molar-refractivity contribution < 1.29 is 4.74 Å². The molecule has 2 rings (SSSR count). The highest BCUT2D eigenvalue weighted by Crippen LogP contribution is 2.25. The molecule has 0 fully saturated rings.